The minimum absolute atomic E-state index is 0.0410. The quantitative estimate of drug-likeness (QED) is 0.783. The number of esters is 2. The first-order valence-electron chi connectivity index (χ1n) is 5.90. The van der Waals surface area contributed by atoms with Crippen LogP contribution in [0.1, 0.15) is 26.4 Å². The average Bonchev–Trinajstić information content (AvgIpc) is 2.96. The van der Waals surface area contributed by atoms with Gasteiger partial charge in [0.1, 0.15) is 5.82 Å². The zero-order valence-corrected chi connectivity index (χ0v) is 11.4. The predicted octanol–water partition coefficient (Wildman–Crippen LogP) is 1.04. The molecule has 2 rings (SSSR count). The van der Waals surface area contributed by atoms with Gasteiger partial charge in [0.2, 0.25) is 0 Å². The van der Waals surface area contributed by atoms with Crippen molar-refractivity contribution in [3.05, 3.63) is 47.0 Å². The fraction of sp³-hybridized carbons (Fsp3) is 0.231. The first-order valence-corrected chi connectivity index (χ1v) is 5.90. The van der Waals surface area contributed by atoms with Gasteiger partial charge in [-0.2, -0.15) is 0 Å². The first kappa shape index (κ1) is 14.6. The van der Waals surface area contributed by atoms with Crippen LogP contribution in [0.5, 0.6) is 0 Å². The van der Waals surface area contributed by atoms with E-state index in [-0.39, 0.29) is 17.8 Å². The van der Waals surface area contributed by atoms with Gasteiger partial charge in [-0.3, -0.25) is 0 Å². The smallest absolute Gasteiger partial charge is 0.360 e. The monoisotopic (exact) mass is 293 g/mol. The van der Waals surface area contributed by atoms with E-state index in [9.17, 15) is 14.0 Å². The summed E-state index contributed by atoms with van der Waals surface area (Å²) in [4.78, 5) is 22.9. The largest absolute Gasteiger partial charge is 0.465 e. The van der Waals surface area contributed by atoms with Crippen molar-refractivity contribution in [3.8, 4) is 0 Å². The summed E-state index contributed by atoms with van der Waals surface area (Å²) in [6.45, 7) is 0.134. The van der Waals surface area contributed by atoms with Crippen molar-refractivity contribution >= 4 is 11.9 Å². The predicted molar refractivity (Wildman–Crippen MR) is 68.2 cm³/mol. The van der Waals surface area contributed by atoms with Crippen molar-refractivity contribution in [2.45, 2.75) is 6.54 Å². The van der Waals surface area contributed by atoms with E-state index in [1.54, 1.807) is 0 Å². The molecule has 0 saturated heterocycles. The van der Waals surface area contributed by atoms with E-state index in [1.165, 1.54) is 37.2 Å². The summed E-state index contributed by atoms with van der Waals surface area (Å²) >= 11 is 0. The number of ether oxygens (including phenoxy) is 2. The SMILES string of the molecule is COC(=O)c1cn(Cc2ccc(F)cc2C(=O)OC)nn1. The topological polar surface area (TPSA) is 83.3 Å². The molecule has 0 spiro atoms. The standard InChI is InChI=1S/C13H12FN3O4/c1-20-12(18)10-5-9(14)4-3-8(10)6-17-7-11(15-16-17)13(19)21-2/h3-5,7H,6H2,1-2H3. The van der Waals surface area contributed by atoms with E-state index >= 15 is 0 Å². The number of nitrogens with zero attached hydrogens (tertiary/aromatic N) is 3. The van der Waals surface area contributed by atoms with Crippen LogP contribution in [0.15, 0.2) is 24.4 Å². The summed E-state index contributed by atoms with van der Waals surface area (Å²) < 4.78 is 23.7. The maximum Gasteiger partial charge on any atom is 0.360 e. The number of carbonyl (C=O) groups excluding carboxylic acids is 2. The van der Waals surface area contributed by atoms with Crippen molar-refractivity contribution in [3.63, 3.8) is 0 Å². The van der Waals surface area contributed by atoms with Crippen molar-refractivity contribution in [1.29, 1.82) is 0 Å². The summed E-state index contributed by atoms with van der Waals surface area (Å²) in [6.07, 6.45) is 1.37. The molecule has 0 saturated carbocycles. The Morgan fingerprint density at radius 2 is 1.95 bits per heavy atom. The van der Waals surface area contributed by atoms with Crippen LogP contribution < -0.4 is 0 Å². The zero-order valence-electron chi connectivity index (χ0n) is 11.4. The average molecular weight is 293 g/mol. The Hall–Kier alpha value is -2.77. The third kappa shape index (κ3) is 3.22. The van der Waals surface area contributed by atoms with Crippen LogP contribution in [0.3, 0.4) is 0 Å². The fourth-order valence-corrected chi connectivity index (χ4v) is 1.73. The molecule has 7 nitrogen and oxygen atoms in total. The van der Waals surface area contributed by atoms with Crippen LogP contribution in [0, 0.1) is 5.82 Å². The summed E-state index contributed by atoms with van der Waals surface area (Å²) in [5.74, 6) is -1.82. The van der Waals surface area contributed by atoms with Crippen molar-refractivity contribution in [2.75, 3.05) is 14.2 Å². The molecule has 0 radical (unpaired) electrons. The van der Waals surface area contributed by atoms with Gasteiger partial charge in [-0.15, -0.1) is 5.10 Å². The molecule has 1 aromatic heterocycles. The number of aromatic nitrogens is 3. The Labute approximate surface area is 119 Å². The number of halogens is 1. The second kappa shape index (κ2) is 6.12. The van der Waals surface area contributed by atoms with Crippen LogP contribution in [0.25, 0.3) is 0 Å². The van der Waals surface area contributed by atoms with E-state index in [4.69, 9.17) is 0 Å². The summed E-state index contributed by atoms with van der Waals surface area (Å²) in [6, 6.07) is 3.75. The minimum Gasteiger partial charge on any atom is -0.465 e. The van der Waals surface area contributed by atoms with Crippen LogP contribution in [-0.2, 0) is 16.0 Å². The van der Waals surface area contributed by atoms with Crippen LogP contribution in [0.2, 0.25) is 0 Å². The molecule has 0 aliphatic heterocycles. The van der Waals surface area contributed by atoms with Crippen molar-refractivity contribution in [2.24, 2.45) is 0 Å². The van der Waals surface area contributed by atoms with Gasteiger partial charge in [0.05, 0.1) is 32.5 Å². The highest BCUT2D eigenvalue weighted by molar-refractivity contribution is 5.91. The van der Waals surface area contributed by atoms with Gasteiger partial charge in [-0.25, -0.2) is 18.7 Å². The third-order valence-electron chi connectivity index (χ3n) is 2.74. The first-order chi connectivity index (χ1) is 10.0. The Morgan fingerprint density at radius 3 is 2.62 bits per heavy atom. The Morgan fingerprint density at radius 1 is 1.24 bits per heavy atom. The number of methoxy groups -OCH3 is 2. The summed E-state index contributed by atoms with van der Waals surface area (Å²) in [7, 11) is 2.44. The molecule has 0 N–H and O–H groups in total. The molecular formula is C13H12FN3O4. The van der Waals surface area contributed by atoms with Gasteiger partial charge < -0.3 is 9.47 Å². The van der Waals surface area contributed by atoms with Gasteiger partial charge in [0.25, 0.3) is 0 Å². The van der Waals surface area contributed by atoms with Crippen LogP contribution in [0.4, 0.5) is 4.39 Å². The Bertz CT molecular complexity index is 684. The highest BCUT2D eigenvalue weighted by Gasteiger charge is 2.15. The van der Waals surface area contributed by atoms with Gasteiger partial charge in [0.15, 0.2) is 5.69 Å². The molecule has 1 aromatic carbocycles. The molecule has 1 heterocycles. The number of hydrogen-bond donors (Lipinski definition) is 0. The maximum absolute atomic E-state index is 13.2. The van der Waals surface area contributed by atoms with Gasteiger partial charge in [-0.1, -0.05) is 11.3 Å². The third-order valence-corrected chi connectivity index (χ3v) is 2.74. The minimum atomic E-state index is -0.655. The lowest BCUT2D eigenvalue weighted by atomic mass is 10.1. The van der Waals surface area contributed by atoms with Crippen LogP contribution in [-0.4, -0.2) is 41.2 Å². The fourth-order valence-electron chi connectivity index (χ4n) is 1.73. The molecule has 110 valence electrons. The highest BCUT2D eigenvalue weighted by Crippen LogP contribution is 2.14. The number of carbonyl (C=O) groups is 2. The lowest BCUT2D eigenvalue weighted by Gasteiger charge is -2.07. The van der Waals surface area contributed by atoms with E-state index in [0.717, 1.165) is 6.07 Å². The summed E-state index contributed by atoms with van der Waals surface area (Å²) in [5.41, 5.74) is 0.622. The summed E-state index contributed by atoms with van der Waals surface area (Å²) in [5, 5.41) is 7.39. The number of rotatable bonds is 4. The van der Waals surface area contributed by atoms with E-state index < -0.39 is 17.8 Å². The second-order valence-corrected chi connectivity index (χ2v) is 4.09. The molecule has 0 atom stereocenters. The lowest BCUT2D eigenvalue weighted by Crippen LogP contribution is -2.10. The van der Waals surface area contributed by atoms with Gasteiger partial charge in [0, 0.05) is 0 Å². The molecule has 21 heavy (non-hydrogen) atoms. The van der Waals surface area contributed by atoms with Gasteiger partial charge >= 0.3 is 11.9 Å². The van der Waals surface area contributed by atoms with Crippen molar-refractivity contribution in [1.82, 2.24) is 15.0 Å². The molecule has 0 amide bonds. The zero-order chi connectivity index (χ0) is 15.4. The molecule has 0 bridgehead atoms. The lowest BCUT2D eigenvalue weighted by molar-refractivity contribution is 0.0587. The van der Waals surface area contributed by atoms with E-state index in [1.807, 2.05) is 0 Å². The van der Waals surface area contributed by atoms with Crippen molar-refractivity contribution < 1.29 is 23.5 Å². The molecule has 0 aliphatic carbocycles. The van der Waals surface area contributed by atoms with Crippen LogP contribution >= 0.6 is 0 Å². The Kier molecular flexibility index (Phi) is 4.27. The number of benzene rings is 1. The Balaban J connectivity index is 2.29. The second-order valence-electron chi connectivity index (χ2n) is 4.09. The molecule has 8 heteroatoms. The molecule has 0 unspecified atom stereocenters. The molecule has 0 fully saturated rings. The van der Waals surface area contributed by atoms with E-state index in [0.29, 0.717) is 5.56 Å². The normalized spacial score (nSPS) is 10.2. The molecular weight excluding hydrogens is 281 g/mol. The van der Waals surface area contributed by atoms with Gasteiger partial charge in [-0.05, 0) is 17.7 Å². The molecule has 2 aromatic rings. The maximum atomic E-state index is 13.2. The molecule has 0 aliphatic rings. The number of hydrogen-bond acceptors (Lipinski definition) is 6. The van der Waals surface area contributed by atoms with E-state index in [2.05, 4.69) is 19.8 Å². The highest BCUT2D eigenvalue weighted by atomic mass is 19.1.